The number of hydrogen-bond acceptors (Lipinski definition) is 2. The Morgan fingerprint density at radius 2 is 2.06 bits per heavy atom. The highest BCUT2D eigenvalue weighted by Crippen LogP contribution is 2.19. The summed E-state index contributed by atoms with van der Waals surface area (Å²) in [5.74, 6) is -1.23. The molecule has 2 aromatic rings. The molecule has 5 nitrogen and oxygen atoms in total. The number of carboxylic acid groups (broad SMARTS) is 1. The molecule has 0 spiro atoms. The molecule has 1 heterocycles. The van der Waals surface area contributed by atoms with Gasteiger partial charge < -0.3 is 15.0 Å². The average Bonchev–Trinajstić information content (AvgIpc) is 2.69. The van der Waals surface area contributed by atoms with Crippen molar-refractivity contribution in [3.8, 4) is 0 Å². The molecule has 1 aromatic heterocycles. The molecule has 1 amide bonds. The highest BCUT2D eigenvalue weighted by molar-refractivity contribution is 5.95. The van der Waals surface area contributed by atoms with Gasteiger partial charge in [-0.1, -0.05) is 18.2 Å². The van der Waals surface area contributed by atoms with Crippen molar-refractivity contribution >= 4 is 22.8 Å². The first kappa shape index (κ1) is 12.2. The van der Waals surface area contributed by atoms with Crippen molar-refractivity contribution in [1.82, 2.24) is 9.88 Å². The summed E-state index contributed by atoms with van der Waals surface area (Å²) in [6.45, 7) is 2.37. The van der Waals surface area contributed by atoms with Crippen molar-refractivity contribution < 1.29 is 14.7 Å². The second-order valence-electron chi connectivity index (χ2n) is 3.93. The maximum absolute atomic E-state index is 11.6. The highest BCUT2D eigenvalue weighted by Gasteiger charge is 2.16. The minimum atomic E-state index is -1.03. The van der Waals surface area contributed by atoms with Crippen molar-refractivity contribution in [3.05, 3.63) is 36.0 Å². The molecular weight excluding hydrogens is 232 g/mol. The number of carbonyl (C=O) groups excluding carboxylic acids is 1. The lowest BCUT2D eigenvalue weighted by atomic mass is 10.2. The number of aromatic nitrogens is 1. The number of nitrogens with one attached hydrogen (secondary N) is 1. The van der Waals surface area contributed by atoms with Crippen LogP contribution in [-0.4, -0.2) is 28.1 Å². The van der Waals surface area contributed by atoms with E-state index in [0.717, 1.165) is 10.9 Å². The zero-order valence-electron chi connectivity index (χ0n) is 10.0. The number of para-hydroxylation sites is 1. The summed E-state index contributed by atoms with van der Waals surface area (Å²) >= 11 is 0. The number of hydrogen-bond donors (Lipinski definition) is 2. The second-order valence-corrected chi connectivity index (χ2v) is 3.93. The van der Waals surface area contributed by atoms with Gasteiger partial charge in [0.05, 0.1) is 0 Å². The molecular formula is C13H14N2O3. The van der Waals surface area contributed by atoms with E-state index in [2.05, 4.69) is 5.32 Å². The van der Waals surface area contributed by atoms with Gasteiger partial charge in [-0.15, -0.1) is 0 Å². The van der Waals surface area contributed by atoms with Crippen LogP contribution in [0.25, 0.3) is 10.9 Å². The zero-order chi connectivity index (χ0) is 13.1. The van der Waals surface area contributed by atoms with E-state index >= 15 is 0 Å². The van der Waals surface area contributed by atoms with Gasteiger partial charge in [0, 0.05) is 17.4 Å². The third-order valence-corrected chi connectivity index (χ3v) is 2.71. The largest absolute Gasteiger partial charge is 0.477 e. The van der Waals surface area contributed by atoms with E-state index in [4.69, 9.17) is 5.11 Å². The van der Waals surface area contributed by atoms with Gasteiger partial charge in [0.25, 0.3) is 0 Å². The smallest absolute Gasteiger partial charge is 0.352 e. The van der Waals surface area contributed by atoms with Gasteiger partial charge in [-0.2, -0.15) is 0 Å². The Bertz CT molecular complexity index is 601. The lowest BCUT2D eigenvalue weighted by molar-refractivity contribution is -0.121. The van der Waals surface area contributed by atoms with Crippen molar-refractivity contribution in [2.45, 2.75) is 13.5 Å². The number of amides is 1. The van der Waals surface area contributed by atoms with E-state index in [1.54, 1.807) is 12.1 Å². The van der Waals surface area contributed by atoms with E-state index in [1.165, 1.54) is 4.57 Å². The van der Waals surface area contributed by atoms with E-state index in [-0.39, 0.29) is 18.1 Å². The number of nitrogens with zero attached hydrogens (tertiary/aromatic N) is 1. The molecule has 0 bridgehead atoms. The van der Waals surface area contributed by atoms with Crippen LogP contribution in [0.1, 0.15) is 17.4 Å². The first-order chi connectivity index (χ1) is 8.63. The van der Waals surface area contributed by atoms with E-state index in [1.807, 2.05) is 25.1 Å². The molecule has 0 aliphatic rings. The predicted molar refractivity (Wildman–Crippen MR) is 67.6 cm³/mol. The molecule has 5 heteroatoms. The quantitative estimate of drug-likeness (QED) is 0.858. The van der Waals surface area contributed by atoms with Crippen LogP contribution in [0.2, 0.25) is 0 Å². The number of carboxylic acids is 1. The Labute approximate surface area is 104 Å². The van der Waals surface area contributed by atoms with Gasteiger partial charge in [0.15, 0.2) is 0 Å². The standard InChI is InChI=1S/C13H14N2O3/c1-2-14-12(16)8-15-10-6-4-3-5-9(10)7-11(15)13(17)18/h3-7H,2,8H2,1H3,(H,14,16)(H,17,18). The van der Waals surface area contributed by atoms with Crippen LogP contribution < -0.4 is 5.32 Å². The Balaban J connectivity index is 2.48. The minimum Gasteiger partial charge on any atom is -0.477 e. The lowest BCUT2D eigenvalue weighted by Gasteiger charge is -2.08. The monoisotopic (exact) mass is 246 g/mol. The molecule has 0 atom stereocenters. The molecule has 94 valence electrons. The Morgan fingerprint density at radius 1 is 1.33 bits per heavy atom. The van der Waals surface area contributed by atoms with Gasteiger partial charge in [-0.3, -0.25) is 4.79 Å². The normalized spacial score (nSPS) is 10.5. The van der Waals surface area contributed by atoms with Crippen LogP contribution in [0.15, 0.2) is 30.3 Å². The fourth-order valence-corrected chi connectivity index (χ4v) is 1.95. The maximum atomic E-state index is 11.6. The molecule has 0 aliphatic heterocycles. The summed E-state index contributed by atoms with van der Waals surface area (Å²) in [6, 6.07) is 8.88. The summed E-state index contributed by atoms with van der Waals surface area (Å²) in [5, 5.41) is 12.6. The molecule has 2 rings (SSSR count). The molecule has 1 aromatic carbocycles. The fourth-order valence-electron chi connectivity index (χ4n) is 1.95. The van der Waals surface area contributed by atoms with Crippen LogP contribution in [0.5, 0.6) is 0 Å². The van der Waals surface area contributed by atoms with Crippen molar-refractivity contribution in [2.75, 3.05) is 6.54 Å². The predicted octanol–water partition coefficient (Wildman–Crippen LogP) is 1.48. The molecule has 0 radical (unpaired) electrons. The Hall–Kier alpha value is -2.30. The van der Waals surface area contributed by atoms with Crippen molar-refractivity contribution in [1.29, 1.82) is 0 Å². The van der Waals surface area contributed by atoms with E-state index in [9.17, 15) is 9.59 Å². The Kier molecular flexibility index (Phi) is 3.32. The molecule has 2 N–H and O–H groups in total. The number of rotatable bonds is 4. The number of likely N-dealkylation sites (N-methyl/N-ethyl adjacent to an activating group) is 1. The second kappa shape index (κ2) is 4.91. The summed E-state index contributed by atoms with van der Waals surface area (Å²) in [5.41, 5.74) is 0.878. The van der Waals surface area contributed by atoms with Crippen LogP contribution in [0.4, 0.5) is 0 Å². The molecule has 0 saturated carbocycles. The van der Waals surface area contributed by atoms with Gasteiger partial charge in [0.2, 0.25) is 5.91 Å². The summed E-state index contributed by atoms with van der Waals surface area (Å²) in [4.78, 5) is 22.8. The number of carbonyl (C=O) groups is 2. The summed E-state index contributed by atoms with van der Waals surface area (Å²) in [7, 11) is 0. The van der Waals surface area contributed by atoms with Gasteiger partial charge in [0.1, 0.15) is 12.2 Å². The molecule has 0 fully saturated rings. The number of benzene rings is 1. The third-order valence-electron chi connectivity index (χ3n) is 2.71. The fraction of sp³-hybridized carbons (Fsp3) is 0.231. The van der Waals surface area contributed by atoms with E-state index < -0.39 is 5.97 Å². The molecule has 0 saturated heterocycles. The van der Waals surface area contributed by atoms with Gasteiger partial charge in [-0.25, -0.2) is 4.79 Å². The summed E-state index contributed by atoms with van der Waals surface area (Å²) < 4.78 is 1.52. The minimum absolute atomic E-state index is 0.0169. The van der Waals surface area contributed by atoms with E-state index in [0.29, 0.717) is 6.54 Å². The van der Waals surface area contributed by atoms with Crippen LogP contribution in [0.3, 0.4) is 0 Å². The number of aromatic carboxylic acids is 1. The molecule has 0 unspecified atom stereocenters. The van der Waals surface area contributed by atoms with Crippen LogP contribution in [-0.2, 0) is 11.3 Å². The maximum Gasteiger partial charge on any atom is 0.352 e. The van der Waals surface area contributed by atoms with Gasteiger partial charge in [-0.05, 0) is 19.1 Å². The zero-order valence-corrected chi connectivity index (χ0v) is 10.0. The third kappa shape index (κ3) is 2.20. The Morgan fingerprint density at radius 3 is 2.72 bits per heavy atom. The first-order valence-corrected chi connectivity index (χ1v) is 5.71. The van der Waals surface area contributed by atoms with Crippen molar-refractivity contribution in [3.63, 3.8) is 0 Å². The van der Waals surface area contributed by atoms with Crippen LogP contribution in [0, 0.1) is 0 Å². The van der Waals surface area contributed by atoms with Gasteiger partial charge >= 0.3 is 5.97 Å². The first-order valence-electron chi connectivity index (χ1n) is 5.71. The average molecular weight is 246 g/mol. The topological polar surface area (TPSA) is 71.3 Å². The SMILES string of the molecule is CCNC(=O)Cn1c(C(=O)O)cc2ccccc21. The van der Waals surface area contributed by atoms with Crippen molar-refractivity contribution in [2.24, 2.45) is 0 Å². The molecule has 18 heavy (non-hydrogen) atoms. The lowest BCUT2D eigenvalue weighted by Crippen LogP contribution is -2.28. The molecule has 0 aliphatic carbocycles. The number of fused-ring (bicyclic) bond motifs is 1. The summed E-state index contributed by atoms with van der Waals surface area (Å²) in [6.07, 6.45) is 0. The highest BCUT2D eigenvalue weighted by atomic mass is 16.4. The van der Waals surface area contributed by atoms with Crippen LogP contribution >= 0.6 is 0 Å².